The van der Waals surface area contributed by atoms with E-state index in [1.165, 1.54) is 0 Å². The van der Waals surface area contributed by atoms with Crippen LogP contribution in [0.25, 0.3) is 0 Å². The second-order valence-electron chi connectivity index (χ2n) is 2.88. The minimum atomic E-state index is -0.748. The van der Waals surface area contributed by atoms with E-state index in [2.05, 4.69) is 0 Å². The van der Waals surface area contributed by atoms with Gasteiger partial charge in [0.2, 0.25) is 0 Å². The molecule has 0 saturated heterocycles. The van der Waals surface area contributed by atoms with Crippen LogP contribution in [0.1, 0.15) is 18.4 Å². The van der Waals surface area contributed by atoms with Crippen LogP contribution in [0, 0.1) is 0 Å². The van der Waals surface area contributed by atoms with Crippen LogP contribution in [0.15, 0.2) is 24.3 Å². The van der Waals surface area contributed by atoms with E-state index in [1.54, 1.807) is 0 Å². The summed E-state index contributed by atoms with van der Waals surface area (Å²) < 4.78 is 0. The molecule has 0 spiro atoms. The molecule has 0 unspecified atom stereocenters. The smallest absolute Gasteiger partial charge is 0.303 e. The van der Waals surface area contributed by atoms with E-state index in [4.69, 9.17) is 16.7 Å². The van der Waals surface area contributed by atoms with Crippen molar-refractivity contribution in [3.63, 3.8) is 0 Å². The van der Waals surface area contributed by atoms with Gasteiger partial charge in [-0.25, -0.2) is 0 Å². The number of hydrogen-bond donors (Lipinski definition) is 1. The summed E-state index contributed by atoms with van der Waals surface area (Å²) in [7, 11) is 0. The van der Waals surface area contributed by atoms with E-state index in [1.807, 2.05) is 24.3 Å². The molecule has 1 rings (SSSR count). The van der Waals surface area contributed by atoms with Gasteiger partial charge in [-0.1, -0.05) is 23.7 Å². The van der Waals surface area contributed by atoms with Crippen molar-refractivity contribution in [1.82, 2.24) is 0 Å². The van der Waals surface area contributed by atoms with Gasteiger partial charge in [0, 0.05) is 11.4 Å². The van der Waals surface area contributed by atoms with Crippen LogP contribution in [0.2, 0.25) is 5.02 Å². The highest BCUT2D eigenvalue weighted by atomic mass is 35.5. The molecule has 0 fully saturated rings. The van der Waals surface area contributed by atoms with Crippen molar-refractivity contribution < 1.29 is 9.90 Å². The Morgan fingerprint density at radius 1 is 1.46 bits per heavy atom. The van der Waals surface area contributed by atoms with Gasteiger partial charge in [-0.15, -0.1) is 0 Å². The van der Waals surface area contributed by atoms with E-state index in [9.17, 15) is 4.79 Å². The maximum Gasteiger partial charge on any atom is 0.303 e. The molecular formula is C10H11ClO2. The molecule has 0 aromatic heterocycles. The third-order valence-corrected chi connectivity index (χ3v) is 1.98. The van der Waals surface area contributed by atoms with Crippen molar-refractivity contribution in [2.75, 3.05) is 0 Å². The molecule has 2 nitrogen and oxygen atoms in total. The number of carbonyl (C=O) groups is 1. The summed E-state index contributed by atoms with van der Waals surface area (Å²) >= 11 is 5.77. The van der Waals surface area contributed by atoms with E-state index in [0.29, 0.717) is 11.4 Å². The Hall–Kier alpha value is -1.02. The lowest BCUT2D eigenvalue weighted by molar-refractivity contribution is -0.137. The summed E-state index contributed by atoms with van der Waals surface area (Å²) in [6, 6.07) is 7.50. The first kappa shape index (κ1) is 10.1. The zero-order valence-corrected chi connectivity index (χ0v) is 7.92. The Balaban J connectivity index is 2.41. The Morgan fingerprint density at radius 3 is 2.85 bits per heavy atom. The first-order valence-electron chi connectivity index (χ1n) is 4.15. The summed E-state index contributed by atoms with van der Waals surface area (Å²) in [5.74, 6) is -0.748. The number of benzene rings is 1. The van der Waals surface area contributed by atoms with Gasteiger partial charge in [-0.05, 0) is 30.5 Å². The summed E-state index contributed by atoms with van der Waals surface area (Å²) in [6.07, 6.45) is 1.65. The van der Waals surface area contributed by atoms with Crippen LogP contribution in [0.4, 0.5) is 0 Å². The number of carboxylic acid groups (broad SMARTS) is 1. The van der Waals surface area contributed by atoms with Gasteiger partial charge in [0.25, 0.3) is 0 Å². The first-order chi connectivity index (χ1) is 6.18. The number of halogens is 1. The summed E-state index contributed by atoms with van der Waals surface area (Å²) in [5.41, 5.74) is 1.09. The molecule has 1 aromatic carbocycles. The first-order valence-corrected chi connectivity index (χ1v) is 4.52. The van der Waals surface area contributed by atoms with Crippen molar-refractivity contribution >= 4 is 17.6 Å². The summed E-state index contributed by atoms with van der Waals surface area (Å²) in [5, 5.41) is 9.12. The lowest BCUT2D eigenvalue weighted by Crippen LogP contribution is -1.95. The van der Waals surface area contributed by atoms with Gasteiger partial charge >= 0.3 is 5.97 Å². The predicted molar refractivity (Wildman–Crippen MR) is 52.0 cm³/mol. The van der Waals surface area contributed by atoms with Crippen molar-refractivity contribution in [1.29, 1.82) is 0 Å². The van der Waals surface area contributed by atoms with Crippen molar-refractivity contribution in [2.45, 2.75) is 19.3 Å². The summed E-state index contributed by atoms with van der Waals surface area (Å²) in [4.78, 5) is 10.2. The number of carboxylic acids is 1. The molecule has 0 heterocycles. The van der Waals surface area contributed by atoms with Crippen LogP contribution in [-0.2, 0) is 11.2 Å². The van der Waals surface area contributed by atoms with Crippen LogP contribution in [0.5, 0.6) is 0 Å². The Morgan fingerprint density at radius 2 is 2.23 bits per heavy atom. The highest BCUT2D eigenvalue weighted by Crippen LogP contribution is 2.12. The van der Waals surface area contributed by atoms with E-state index in [0.717, 1.165) is 12.0 Å². The SMILES string of the molecule is O=C(O)CCCc1cccc(Cl)c1. The molecule has 0 aliphatic heterocycles. The molecule has 0 aliphatic carbocycles. The Bertz CT molecular complexity index is 297. The second-order valence-corrected chi connectivity index (χ2v) is 3.31. The Labute approximate surface area is 82.2 Å². The van der Waals surface area contributed by atoms with Crippen LogP contribution in [-0.4, -0.2) is 11.1 Å². The highest BCUT2D eigenvalue weighted by Gasteiger charge is 1.98. The Kier molecular flexibility index (Phi) is 3.77. The molecule has 0 atom stereocenters. The van der Waals surface area contributed by atoms with Gasteiger partial charge in [-0.3, -0.25) is 4.79 Å². The minimum Gasteiger partial charge on any atom is -0.481 e. The highest BCUT2D eigenvalue weighted by molar-refractivity contribution is 6.30. The fourth-order valence-electron chi connectivity index (χ4n) is 1.14. The molecule has 0 aliphatic rings. The molecule has 0 radical (unpaired) electrons. The molecular weight excluding hydrogens is 188 g/mol. The number of hydrogen-bond acceptors (Lipinski definition) is 1. The molecule has 3 heteroatoms. The van der Waals surface area contributed by atoms with Crippen LogP contribution >= 0.6 is 11.6 Å². The third kappa shape index (κ3) is 3.95. The second kappa shape index (κ2) is 4.87. The fourth-order valence-corrected chi connectivity index (χ4v) is 1.35. The van der Waals surface area contributed by atoms with Crippen molar-refractivity contribution in [3.8, 4) is 0 Å². The third-order valence-electron chi connectivity index (χ3n) is 1.75. The molecule has 0 bridgehead atoms. The van der Waals surface area contributed by atoms with Crippen molar-refractivity contribution in [2.24, 2.45) is 0 Å². The molecule has 1 N–H and O–H groups in total. The van der Waals surface area contributed by atoms with Gasteiger partial charge in [-0.2, -0.15) is 0 Å². The maximum atomic E-state index is 10.2. The lowest BCUT2D eigenvalue weighted by Gasteiger charge is -1.99. The fraction of sp³-hybridized carbons (Fsp3) is 0.300. The lowest BCUT2D eigenvalue weighted by atomic mass is 10.1. The van der Waals surface area contributed by atoms with Crippen molar-refractivity contribution in [3.05, 3.63) is 34.9 Å². The molecule has 70 valence electrons. The standard InChI is InChI=1S/C10H11ClO2/c11-9-5-1-3-8(7-9)4-2-6-10(12)13/h1,3,5,7H,2,4,6H2,(H,12,13). The monoisotopic (exact) mass is 198 g/mol. The van der Waals surface area contributed by atoms with E-state index >= 15 is 0 Å². The van der Waals surface area contributed by atoms with Gasteiger partial charge < -0.3 is 5.11 Å². The average molecular weight is 199 g/mol. The molecule has 0 amide bonds. The predicted octanol–water partition coefficient (Wildman–Crippen LogP) is 2.75. The largest absolute Gasteiger partial charge is 0.481 e. The van der Waals surface area contributed by atoms with Gasteiger partial charge in [0.15, 0.2) is 0 Å². The maximum absolute atomic E-state index is 10.2. The van der Waals surface area contributed by atoms with E-state index < -0.39 is 5.97 Å². The number of aliphatic carboxylic acids is 1. The average Bonchev–Trinajstić information content (AvgIpc) is 2.03. The molecule has 0 saturated carbocycles. The van der Waals surface area contributed by atoms with Crippen LogP contribution in [0.3, 0.4) is 0 Å². The zero-order valence-electron chi connectivity index (χ0n) is 7.16. The number of rotatable bonds is 4. The number of aryl methyl sites for hydroxylation is 1. The quantitative estimate of drug-likeness (QED) is 0.808. The van der Waals surface area contributed by atoms with Gasteiger partial charge in [0.05, 0.1) is 0 Å². The molecule has 1 aromatic rings. The minimum absolute atomic E-state index is 0.215. The zero-order chi connectivity index (χ0) is 9.68. The molecule has 13 heavy (non-hydrogen) atoms. The summed E-state index contributed by atoms with van der Waals surface area (Å²) in [6.45, 7) is 0. The van der Waals surface area contributed by atoms with Crippen LogP contribution < -0.4 is 0 Å². The normalized spacial score (nSPS) is 9.92. The van der Waals surface area contributed by atoms with Gasteiger partial charge in [0.1, 0.15) is 0 Å². The van der Waals surface area contributed by atoms with E-state index in [-0.39, 0.29) is 6.42 Å². The topological polar surface area (TPSA) is 37.3 Å².